The lowest BCUT2D eigenvalue weighted by Gasteiger charge is -2.20. The van der Waals surface area contributed by atoms with Gasteiger partial charge < -0.3 is 9.47 Å². The molecule has 0 saturated carbocycles. The van der Waals surface area contributed by atoms with Crippen LogP contribution in [0, 0.1) is 5.82 Å². The number of hydrogen-bond acceptors (Lipinski definition) is 6. The molecule has 0 aliphatic heterocycles. The van der Waals surface area contributed by atoms with Crippen molar-refractivity contribution < 1.29 is 44.2 Å². The highest BCUT2D eigenvalue weighted by Gasteiger charge is 2.58. The maximum Gasteiger partial charge on any atom is 0.456 e. The van der Waals surface area contributed by atoms with Crippen molar-refractivity contribution in [1.82, 2.24) is 14.3 Å². The molecule has 0 unspecified atom stereocenters. The number of benzene rings is 1. The highest BCUT2D eigenvalue weighted by molar-refractivity contribution is 7.89. The summed E-state index contributed by atoms with van der Waals surface area (Å²) in [5.74, 6) is -6.98. The Kier molecular flexibility index (Phi) is 9.13. The lowest BCUT2D eigenvalue weighted by Crippen LogP contribution is -2.41. The normalized spacial score (nSPS) is 13.6. The number of nitrogens with zero attached hydrogens (tertiary/aromatic N) is 1. The van der Waals surface area contributed by atoms with Crippen molar-refractivity contribution >= 4 is 10.0 Å². The number of hydrogen-bond donors (Lipinski definition) is 2. The molecule has 0 aliphatic carbocycles. The fourth-order valence-electron chi connectivity index (χ4n) is 2.62. The predicted molar refractivity (Wildman–Crippen MR) is 110 cm³/mol. The van der Waals surface area contributed by atoms with Gasteiger partial charge in [-0.25, -0.2) is 17.9 Å². The number of aromatic amines is 1. The maximum atomic E-state index is 13.2. The van der Waals surface area contributed by atoms with E-state index in [1.165, 1.54) is 19.1 Å². The average molecular weight is 533 g/mol. The van der Waals surface area contributed by atoms with E-state index in [1.54, 1.807) is 4.98 Å². The second kappa shape index (κ2) is 11.3. The average Bonchev–Trinajstić information content (AvgIpc) is 2.74. The lowest BCUT2D eigenvalue weighted by molar-refractivity contribution is -0.290. The first-order valence-electron chi connectivity index (χ1n) is 9.85. The summed E-state index contributed by atoms with van der Waals surface area (Å²) in [5.41, 5.74) is -1.85. The molecule has 196 valence electrons. The molecule has 1 aromatic heterocycles. The van der Waals surface area contributed by atoms with Crippen LogP contribution in [0.3, 0.4) is 0 Å². The lowest BCUT2D eigenvalue weighted by atomic mass is 10.1. The van der Waals surface area contributed by atoms with E-state index in [1.807, 2.05) is 0 Å². The van der Waals surface area contributed by atoms with E-state index in [0.717, 1.165) is 16.7 Å². The van der Waals surface area contributed by atoms with Crippen molar-refractivity contribution in [3.05, 3.63) is 62.7 Å². The molecule has 2 N–H and O–H groups in total. The van der Waals surface area contributed by atoms with E-state index in [-0.39, 0.29) is 24.3 Å². The van der Waals surface area contributed by atoms with Crippen molar-refractivity contribution in [2.45, 2.75) is 38.2 Å². The highest BCUT2D eigenvalue weighted by atomic mass is 32.2. The summed E-state index contributed by atoms with van der Waals surface area (Å²) in [6.45, 7) is -1.08. The summed E-state index contributed by atoms with van der Waals surface area (Å²) in [6, 6.07) is 4.12. The third kappa shape index (κ3) is 8.40. The molecule has 2 rings (SSSR count). The van der Waals surface area contributed by atoms with E-state index in [9.17, 15) is 44.3 Å². The second-order valence-electron chi connectivity index (χ2n) is 7.32. The standard InChI is InChI=1S/C19H21F6N3O6S/c1-12(13-4-2-5-14(8-13)34-10-18(21,22)19(23,24)25)27-35(31,32)7-3-6-33-11-28-9-15(20)16(29)26-17(28)30/h2,4-5,8-9,12,27H,3,6-7,10-11H2,1H3,(H,26,29,30)/t12-/m1/s1. The van der Waals surface area contributed by atoms with Gasteiger partial charge in [-0.3, -0.25) is 14.3 Å². The van der Waals surface area contributed by atoms with E-state index >= 15 is 0 Å². The zero-order valence-electron chi connectivity index (χ0n) is 18.1. The smallest absolute Gasteiger partial charge is 0.456 e. The molecule has 0 aliphatic rings. The molecule has 0 saturated heterocycles. The first-order valence-corrected chi connectivity index (χ1v) is 11.5. The van der Waals surface area contributed by atoms with Crippen molar-refractivity contribution in [3.8, 4) is 5.75 Å². The summed E-state index contributed by atoms with van der Waals surface area (Å²) in [6.07, 6.45) is -5.16. The molecule has 0 spiro atoms. The topological polar surface area (TPSA) is 119 Å². The number of aromatic nitrogens is 2. The SMILES string of the molecule is C[C@@H](NS(=O)(=O)CCCOCn1cc(F)c(=O)[nH]c1=O)c1cccc(OCC(F)(F)C(F)(F)F)c1. The molecule has 9 nitrogen and oxygen atoms in total. The van der Waals surface area contributed by atoms with Crippen molar-refractivity contribution in [1.29, 1.82) is 0 Å². The Morgan fingerprint density at radius 2 is 1.86 bits per heavy atom. The van der Waals surface area contributed by atoms with Crippen LogP contribution in [0.2, 0.25) is 0 Å². The van der Waals surface area contributed by atoms with Crippen LogP contribution in [0.15, 0.2) is 40.1 Å². The van der Waals surface area contributed by atoms with Gasteiger partial charge in [-0.2, -0.15) is 26.3 Å². The van der Waals surface area contributed by atoms with Crippen LogP contribution in [0.25, 0.3) is 0 Å². The molecule has 1 aromatic carbocycles. The number of nitrogens with one attached hydrogen (secondary N) is 2. The fraction of sp³-hybridized carbons (Fsp3) is 0.474. The Hall–Kier alpha value is -2.85. The minimum absolute atomic E-state index is 0.0294. The van der Waals surface area contributed by atoms with Crippen molar-refractivity contribution in [2.24, 2.45) is 0 Å². The molecule has 35 heavy (non-hydrogen) atoms. The van der Waals surface area contributed by atoms with E-state index in [0.29, 0.717) is 6.20 Å². The summed E-state index contributed by atoms with van der Waals surface area (Å²) in [7, 11) is -3.88. The van der Waals surface area contributed by atoms with Crippen LogP contribution >= 0.6 is 0 Å². The summed E-state index contributed by atoms with van der Waals surface area (Å²) < 4.78 is 113. The molecule has 0 radical (unpaired) electrons. The first-order chi connectivity index (χ1) is 16.1. The number of rotatable bonds is 12. The Bertz CT molecular complexity index is 1230. The molecule has 2 aromatic rings. The number of alkyl halides is 5. The quantitative estimate of drug-likeness (QED) is 0.319. The minimum Gasteiger partial charge on any atom is -0.487 e. The molecule has 1 heterocycles. The summed E-state index contributed by atoms with van der Waals surface area (Å²) in [4.78, 5) is 24.2. The minimum atomic E-state index is -5.77. The number of ether oxygens (including phenoxy) is 2. The van der Waals surface area contributed by atoms with Crippen molar-refractivity contribution in [3.63, 3.8) is 0 Å². The van der Waals surface area contributed by atoms with Crippen LogP contribution < -0.4 is 20.7 Å². The first kappa shape index (κ1) is 28.4. The summed E-state index contributed by atoms with van der Waals surface area (Å²) in [5, 5.41) is 0. The van der Waals surface area contributed by atoms with Crippen LogP contribution in [0.5, 0.6) is 5.75 Å². The Balaban J connectivity index is 1.85. The number of H-pyrrole nitrogens is 1. The van der Waals surface area contributed by atoms with Crippen LogP contribution in [0.1, 0.15) is 24.9 Å². The monoisotopic (exact) mass is 533 g/mol. The maximum absolute atomic E-state index is 13.2. The molecule has 0 bridgehead atoms. The van der Waals surface area contributed by atoms with Gasteiger partial charge in [0.2, 0.25) is 15.8 Å². The van der Waals surface area contributed by atoms with Gasteiger partial charge in [-0.05, 0) is 31.0 Å². The van der Waals surface area contributed by atoms with Gasteiger partial charge in [0.15, 0.2) is 6.61 Å². The fourth-order valence-corrected chi connectivity index (χ4v) is 3.91. The van der Waals surface area contributed by atoms with Gasteiger partial charge in [0.25, 0.3) is 5.56 Å². The van der Waals surface area contributed by atoms with Crippen LogP contribution in [-0.4, -0.2) is 49.0 Å². The van der Waals surface area contributed by atoms with Gasteiger partial charge in [0.05, 0.1) is 11.9 Å². The second-order valence-corrected chi connectivity index (χ2v) is 9.19. The van der Waals surface area contributed by atoms with E-state index in [4.69, 9.17) is 4.74 Å². The Morgan fingerprint density at radius 1 is 1.17 bits per heavy atom. The molecule has 0 amide bonds. The largest absolute Gasteiger partial charge is 0.487 e. The Morgan fingerprint density at radius 3 is 2.51 bits per heavy atom. The van der Waals surface area contributed by atoms with Crippen LogP contribution in [-0.2, 0) is 21.5 Å². The van der Waals surface area contributed by atoms with Crippen molar-refractivity contribution in [2.75, 3.05) is 19.0 Å². The van der Waals surface area contributed by atoms with E-state index < -0.39 is 64.3 Å². The molecule has 1 atom stereocenters. The zero-order chi connectivity index (χ0) is 26.4. The van der Waals surface area contributed by atoms with Gasteiger partial charge >= 0.3 is 17.8 Å². The van der Waals surface area contributed by atoms with Gasteiger partial charge in [-0.15, -0.1) is 0 Å². The predicted octanol–water partition coefficient (Wildman–Crippen LogP) is 2.30. The molecule has 0 fully saturated rings. The molecule has 16 heteroatoms. The zero-order valence-corrected chi connectivity index (χ0v) is 18.9. The molecular formula is C19H21F6N3O6S. The van der Waals surface area contributed by atoms with E-state index in [2.05, 4.69) is 9.46 Å². The number of halogens is 6. The molecular weight excluding hydrogens is 512 g/mol. The summed E-state index contributed by atoms with van der Waals surface area (Å²) >= 11 is 0. The Labute approximate surface area is 194 Å². The van der Waals surface area contributed by atoms with Gasteiger partial charge in [0.1, 0.15) is 12.5 Å². The van der Waals surface area contributed by atoms with Crippen LogP contribution in [0.4, 0.5) is 26.3 Å². The van der Waals surface area contributed by atoms with Gasteiger partial charge in [-0.1, -0.05) is 12.1 Å². The number of sulfonamides is 1. The third-order valence-corrected chi connectivity index (χ3v) is 5.99. The highest BCUT2D eigenvalue weighted by Crippen LogP contribution is 2.35. The van der Waals surface area contributed by atoms with Gasteiger partial charge in [0, 0.05) is 12.6 Å². The third-order valence-electron chi connectivity index (χ3n) is 4.45.